The largest absolute Gasteiger partial charge is 0.351 e. The van der Waals surface area contributed by atoms with Crippen LogP contribution in [0.4, 0.5) is 15.9 Å². The molecule has 6 rings (SSSR count). The average molecular weight is 395 g/mol. The molecule has 2 unspecified atom stereocenters. The van der Waals surface area contributed by atoms with Crippen molar-refractivity contribution in [1.82, 2.24) is 14.9 Å². The zero-order chi connectivity index (χ0) is 20.0. The van der Waals surface area contributed by atoms with Crippen molar-refractivity contribution >= 4 is 17.4 Å². The third kappa shape index (κ3) is 3.17. The predicted molar refractivity (Wildman–Crippen MR) is 110 cm³/mol. The number of carbonyl (C=O) groups is 1. The highest BCUT2D eigenvalue weighted by atomic mass is 19.1. The number of fused-ring (bicyclic) bond motifs is 3. The van der Waals surface area contributed by atoms with Crippen LogP contribution < -0.4 is 9.80 Å². The fraction of sp³-hybridized carbons (Fsp3) is 0.500. The standard InChI is InChI=1S/C22H26FN5O/c1-2-18-21(23)22(25-14-24-18)26-11-16-10-17(12-26)28(16)13-20(29)27-9-5-7-15-6-3-4-8-19(15)27/h3-4,6,8,14,16-17H,2,5,7,9-13H2,1H3. The maximum absolute atomic E-state index is 14.6. The lowest BCUT2D eigenvalue weighted by Crippen LogP contribution is -2.70. The summed E-state index contributed by atoms with van der Waals surface area (Å²) in [4.78, 5) is 27.6. The zero-order valence-corrected chi connectivity index (χ0v) is 16.7. The van der Waals surface area contributed by atoms with Gasteiger partial charge in [-0.05, 0) is 37.3 Å². The minimum atomic E-state index is -0.302. The van der Waals surface area contributed by atoms with E-state index in [1.165, 1.54) is 11.9 Å². The Balaban J connectivity index is 1.27. The van der Waals surface area contributed by atoms with E-state index in [2.05, 4.69) is 20.9 Å². The first kappa shape index (κ1) is 18.5. The van der Waals surface area contributed by atoms with Gasteiger partial charge in [-0.2, -0.15) is 0 Å². The number of piperazine rings is 1. The molecule has 0 N–H and O–H groups in total. The molecule has 5 heterocycles. The number of nitrogens with zero attached hydrogens (tertiary/aromatic N) is 5. The van der Waals surface area contributed by atoms with Crippen molar-refractivity contribution in [1.29, 1.82) is 0 Å². The first-order valence-electron chi connectivity index (χ1n) is 10.5. The van der Waals surface area contributed by atoms with Gasteiger partial charge in [0.25, 0.3) is 0 Å². The normalized spacial score (nSPS) is 23.5. The molecule has 6 nitrogen and oxygen atoms in total. The average Bonchev–Trinajstić information content (AvgIpc) is 2.77. The molecule has 0 radical (unpaired) electrons. The Morgan fingerprint density at radius 1 is 1.21 bits per heavy atom. The summed E-state index contributed by atoms with van der Waals surface area (Å²) in [7, 11) is 0. The first-order valence-corrected chi connectivity index (χ1v) is 10.5. The van der Waals surface area contributed by atoms with Gasteiger partial charge in [-0.25, -0.2) is 14.4 Å². The van der Waals surface area contributed by atoms with Gasteiger partial charge >= 0.3 is 0 Å². The molecule has 2 bridgehead atoms. The lowest BCUT2D eigenvalue weighted by Gasteiger charge is -2.56. The Hall–Kier alpha value is -2.54. The van der Waals surface area contributed by atoms with Gasteiger partial charge in [0.15, 0.2) is 11.6 Å². The lowest BCUT2D eigenvalue weighted by molar-refractivity contribution is -0.124. The molecule has 2 atom stereocenters. The maximum atomic E-state index is 14.6. The van der Waals surface area contributed by atoms with Crippen molar-refractivity contribution in [2.24, 2.45) is 0 Å². The molecule has 152 valence electrons. The molecule has 0 saturated carbocycles. The van der Waals surface area contributed by atoms with Crippen LogP contribution in [-0.2, 0) is 17.6 Å². The van der Waals surface area contributed by atoms with Crippen LogP contribution in [-0.4, -0.2) is 59.0 Å². The second-order valence-electron chi connectivity index (χ2n) is 8.21. The molecular formula is C22H26FN5O. The third-order valence-corrected chi connectivity index (χ3v) is 6.55. The molecular weight excluding hydrogens is 369 g/mol. The van der Waals surface area contributed by atoms with E-state index in [0.29, 0.717) is 37.6 Å². The number of rotatable bonds is 4. The summed E-state index contributed by atoms with van der Waals surface area (Å²) in [5.74, 6) is 0.271. The highest BCUT2D eigenvalue weighted by Gasteiger charge is 2.46. The van der Waals surface area contributed by atoms with E-state index in [1.807, 2.05) is 34.9 Å². The van der Waals surface area contributed by atoms with Crippen LogP contribution in [0.5, 0.6) is 0 Å². The van der Waals surface area contributed by atoms with E-state index >= 15 is 0 Å². The van der Waals surface area contributed by atoms with Gasteiger partial charge < -0.3 is 9.80 Å². The Morgan fingerprint density at radius 3 is 2.79 bits per heavy atom. The predicted octanol–water partition coefficient (Wildman–Crippen LogP) is 2.42. The monoisotopic (exact) mass is 395 g/mol. The van der Waals surface area contributed by atoms with E-state index in [9.17, 15) is 9.18 Å². The lowest BCUT2D eigenvalue weighted by atomic mass is 9.87. The summed E-state index contributed by atoms with van der Waals surface area (Å²) in [5.41, 5.74) is 2.78. The van der Waals surface area contributed by atoms with Crippen molar-refractivity contribution in [2.45, 2.75) is 44.7 Å². The molecule has 1 amide bonds. The number of aromatic nitrogens is 2. The fourth-order valence-corrected chi connectivity index (χ4v) is 5.02. The van der Waals surface area contributed by atoms with E-state index in [4.69, 9.17) is 0 Å². The van der Waals surface area contributed by atoms with E-state index < -0.39 is 0 Å². The number of halogens is 1. The Bertz CT molecular complexity index is 923. The molecule has 1 aromatic heterocycles. The molecule has 0 aliphatic carbocycles. The summed E-state index contributed by atoms with van der Waals surface area (Å²) in [5, 5.41) is 0. The number of piperidine rings is 1. The van der Waals surface area contributed by atoms with Gasteiger partial charge in [-0.15, -0.1) is 0 Å². The molecule has 3 saturated heterocycles. The summed E-state index contributed by atoms with van der Waals surface area (Å²) in [6, 6.07) is 8.76. The summed E-state index contributed by atoms with van der Waals surface area (Å²) in [6.07, 6.45) is 5.12. The minimum absolute atomic E-state index is 0.168. The Kier molecular flexibility index (Phi) is 4.70. The molecule has 2 aromatic rings. The van der Waals surface area contributed by atoms with Crippen LogP contribution in [0.3, 0.4) is 0 Å². The van der Waals surface area contributed by atoms with Crippen LogP contribution in [0, 0.1) is 5.82 Å². The van der Waals surface area contributed by atoms with Crippen molar-refractivity contribution in [3.8, 4) is 0 Å². The second kappa shape index (κ2) is 7.37. The van der Waals surface area contributed by atoms with Gasteiger partial charge in [0.05, 0.1) is 12.2 Å². The van der Waals surface area contributed by atoms with Gasteiger partial charge in [0, 0.05) is 37.4 Å². The maximum Gasteiger partial charge on any atom is 0.241 e. The van der Waals surface area contributed by atoms with Gasteiger partial charge in [-0.1, -0.05) is 25.1 Å². The van der Waals surface area contributed by atoms with Crippen molar-refractivity contribution in [2.75, 3.05) is 36.0 Å². The van der Waals surface area contributed by atoms with Crippen LogP contribution >= 0.6 is 0 Å². The Labute approximate surface area is 170 Å². The third-order valence-electron chi connectivity index (χ3n) is 6.55. The number of carbonyl (C=O) groups excluding carboxylic acids is 1. The van der Waals surface area contributed by atoms with Gasteiger partial charge in [0.2, 0.25) is 5.91 Å². The van der Waals surface area contributed by atoms with E-state index in [1.54, 1.807) is 0 Å². The van der Waals surface area contributed by atoms with Crippen molar-refractivity contribution in [3.63, 3.8) is 0 Å². The van der Waals surface area contributed by atoms with Crippen LogP contribution in [0.2, 0.25) is 0 Å². The first-order chi connectivity index (χ1) is 14.2. The highest BCUT2D eigenvalue weighted by molar-refractivity contribution is 5.96. The fourth-order valence-electron chi connectivity index (χ4n) is 5.02. The smallest absolute Gasteiger partial charge is 0.241 e. The number of aryl methyl sites for hydroxylation is 2. The van der Waals surface area contributed by atoms with Crippen molar-refractivity contribution in [3.05, 3.63) is 47.7 Å². The van der Waals surface area contributed by atoms with Crippen molar-refractivity contribution < 1.29 is 9.18 Å². The Morgan fingerprint density at radius 2 is 2.00 bits per heavy atom. The molecule has 0 spiro atoms. The number of para-hydroxylation sites is 1. The number of hydrogen-bond acceptors (Lipinski definition) is 5. The molecule has 3 fully saturated rings. The summed E-state index contributed by atoms with van der Waals surface area (Å²) >= 11 is 0. The van der Waals surface area contributed by atoms with E-state index in [0.717, 1.165) is 31.5 Å². The number of anilines is 2. The van der Waals surface area contributed by atoms with Gasteiger partial charge in [-0.3, -0.25) is 9.69 Å². The van der Waals surface area contributed by atoms with Gasteiger partial charge in [0.1, 0.15) is 6.33 Å². The molecule has 1 aromatic carbocycles. The second-order valence-corrected chi connectivity index (χ2v) is 8.21. The molecule has 29 heavy (non-hydrogen) atoms. The zero-order valence-electron chi connectivity index (χ0n) is 16.7. The molecule has 4 aliphatic heterocycles. The summed E-state index contributed by atoms with van der Waals surface area (Å²) < 4.78 is 14.6. The number of benzene rings is 1. The van der Waals surface area contributed by atoms with E-state index in [-0.39, 0.29) is 23.8 Å². The topological polar surface area (TPSA) is 52.6 Å². The molecule has 4 aliphatic rings. The number of amides is 1. The van der Waals surface area contributed by atoms with Crippen LogP contribution in [0.1, 0.15) is 31.0 Å². The summed E-state index contributed by atoms with van der Waals surface area (Å²) in [6.45, 7) is 4.53. The highest BCUT2D eigenvalue weighted by Crippen LogP contribution is 2.35. The molecule has 7 heteroatoms. The quantitative estimate of drug-likeness (QED) is 0.796. The number of hydrogen-bond donors (Lipinski definition) is 0. The minimum Gasteiger partial charge on any atom is -0.351 e. The van der Waals surface area contributed by atoms with Crippen LogP contribution in [0.25, 0.3) is 0 Å². The van der Waals surface area contributed by atoms with Crippen LogP contribution in [0.15, 0.2) is 30.6 Å². The SMILES string of the molecule is CCc1ncnc(N2CC3CC(C2)N3CC(=O)N2CCCc3ccccc32)c1F.